The second-order valence-electron chi connectivity index (χ2n) is 7.22. The number of allylic oxidation sites excluding steroid dienone is 1. The summed E-state index contributed by atoms with van der Waals surface area (Å²) >= 11 is 0. The molecule has 0 saturated carbocycles. The van der Waals surface area contributed by atoms with Crippen LogP contribution in [0, 0.1) is 11.3 Å². The quantitative estimate of drug-likeness (QED) is 0.604. The Balaban J connectivity index is 1.62. The third-order valence-electron chi connectivity index (χ3n) is 5.19. The molecule has 1 aromatic heterocycles. The number of hydrogen-bond acceptors (Lipinski definition) is 5. The second kappa shape index (κ2) is 8.72. The summed E-state index contributed by atoms with van der Waals surface area (Å²) in [6.45, 7) is 0. The van der Waals surface area contributed by atoms with Crippen LogP contribution in [-0.2, 0) is 12.8 Å². The lowest BCUT2D eigenvalue weighted by atomic mass is 10.0. The van der Waals surface area contributed by atoms with Crippen LogP contribution >= 0.6 is 0 Å². The molecule has 0 amide bonds. The fourth-order valence-electron chi connectivity index (χ4n) is 3.67. The van der Waals surface area contributed by atoms with Crippen molar-refractivity contribution in [2.45, 2.75) is 18.9 Å². The van der Waals surface area contributed by atoms with Crippen molar-refractivity contribution in [1.29, 1.82) is 5.26 Å². The first-order valence-electron chi connectivity index (χ1n) is 9.81. The molecule has 0 fully saturated rings. The van der Waals surface area contributed by atoms with E-state index in [0.717, 1.165) is 12.8 Å². The highest BCUT2D eigenvalue weighted by Gasteiger charge is 2.24. The van der Waals surface area contributed by atoms with Crippen LogP contribution in [0.25, 0.3) is 11.6 Å². The molecule has 2 aromatic carbocycles. The second-order valence-corrected chi connectivity index (χ2v) is 7.22. The Morgan fingerprint density at radius 3 is 2.45 bits per heavy atom. The molecule has 154 valence electrons. The van der Waals surface area contributed by atoms with Crippen LogP contribution in [0.3, 0.4) is 0 Å². The smallest absolute Gasteiger partial charge is 0.335 e. The molecule has 0 aliphatic heterocycles. The molecule has 0 bridgehead atoms. The van der Waals surface area contributed by atoms with Gasteiger partial charge in [-0.05, 0) is 47.0 Å². The van der Waals surface area contributed by atoms with Crippen LogP contribution in [0.4, 0.5) is 0 Å². The zero-order valence-electron chi connectivity index (χ0n) is 16.9. The average molecular weight is 412 g/mol. The fraction of sp³-hybridized carbons (Fsp3) is 0.160. The highest BCUT2D eigenvalue weighted by Crippen LogP contribution is 2.31. The summed E-state index contributed by atoms with van der Waals surface area (Å²) < 4.78 is 11.6. The van der Waals surface area contributed by atoms with Crippen LogP contribution in [0.1, 0.15) is 32.7 Å². The largest absolute Gasteiger partial charge is 0.491 e. The summed E-state index contributed by atoms with van der Waals surface area (Å²) in [4.78, 5) is 15.8. The number of ether oxygens (including phenoxy) is 2. The van der Waals surface area contributed by atoms with Gasteiger partial charge in [0.15, 0.2) is 5.75 Å². The van der Waals surface area contributed by atoms with E-state index in [1.54, 1.807) is 37.5 Å². The predicted octanol–water partition coefficient (Wildman–Crippen LogP) is 4.40. The molecule has 0 spiro atoms. The summed E-state index contributed by atoms with van der Waals surface area (Å²) in [6.07, 6.45) is 3.16. The maximum Gasteiger partial charge on any atom is 0.335 e. The molecular weight excluding hydrogens is 392 g/mol. The molecule has 6 heteroatoms. The van der Waals surface area contributed by atoms with Gasteiger partial charge in [-0.2, -0.15) is 5.26 Å². The summed E-state index contributed by atoms with van der Waals surface area (Å²) in [5, 5.41) is 18.8. The van der Waals surface area contributed by atoms with Gasteiger partial charge >= 0.3 is 5.97 Å². The minimum Gasteiger partial charge on any atom is -0.491 e. The van der Waals surface area contributed by atoms with Crippen LogP contribution in [-0.4, -0.2) is 29.3 Å². The van der Waals surface area contributed by atoms with Crippen molar-refractivity contribution in [2.24, 2.45) is 0 Å². The van der Waals surface area contributed by atoms with Crippen molar-refractivity contribution >= 4 is 17.6 Å². The van der Waals surface area contributed by atoms with Gasteiger partial charge in [0.05, 0.1) is 30.0 Å². The van der Waals surface area contributed by atoms with Crippen molar-refractivity contribution in [1.82, 2.24) is 4.98 Å². The van der Waals surface area contributed by atoms with Crippen molar-refractivity contribution in [3.8, 4) is 17.7 Å². The number of carboxylic acid groups (broad SMARTS) is 1. The van der Waals surface area contributed by atoms with Gasteiger partial charge in [0.25, 0.3) is 5.88 Å². The van der Waals surface area contributed by atoms with Gasteiger partial charge in [-0.25, -0.2) is 9.78 Å². The molecule has 1 aliphatic carbocycles. The van der Waals surface area contributed by atoms with E-state index in [4.69, 9.17) is 9.47 Å². The molecule has 31 heavy (non-hydrogen) atoms. The first-order valence-corrected chi connectivity index (χ1v) is 9.81. The lowest BCUT2D eigenvalue weighted by molar-refractivity contribution is 0.0697. The van der Waals surface area contributed by atoms with Gasteiger partial charge in [0, 0.05) is 12.8 Å². The summed E-state index contributed by atoms with van der Waals surface area (Å²) in [7, 11) is 1.56. The van der Waals surface area contributed by atoms with E-state index in [0.29, 0.717) is 28.5 Å². The lowest BCUT2D eigenvalue weighted by Gasteiger charge is -2.15. The van der Waals surface area contributed by atoms with Crippen molar-refractivity contribution in [2.75, 3.05) is 7.11 Å². The van der Waals surface area contributed by atoms with Crippen LogP contribution in [0.2, 0.25) is 0 Å². The van der Waals surface area contributed by atoms with E-state index in [1.807, 2.05) is 12.1 Å². The molecule has 0 unspecified atom stereocenters. The number of aromatic nitrogens is 1. The third-order valence-corrected chi connectivity index (χ3v) is 5.19. The molecule has 1 N–H and O–H groups in total. The number of fused-ring (bicyclic) bond motifs is 1. The van der Waals surface area contributed by atoms with Crippen molar-refractivity contribution in [3.05, 3.63) is 88.6 Å². The maximum atomic E-state index is 11.2. The molecule has 1 heterocycles. The number of aromatic carboxylic acids is 1. The number of benzene rings is 2. The monoisotopic (exact) mass is 412 g/mol. The molecule has 0 atom stereocenters. The number of carbonyl (C=O) groups is 1. The lowest BCUT2D eigenvalue weighted by Crippen LogP contribution is -2.17. The standard InChI is InChI=1S/C25H20N2O4/c1-30-23-10-9-21(12-20(15-26)16-7-4-8-19(11-16)25(28)29)27-24(23)31-22-13-17-5-2-3-6-18(17)14-22/h2-12,22H,13-14H2,1H3,(H,28,29)/b20-12+. The number of pyridine rings is 1. The topological polar surface area (TPSA) is 92.4 Å². The molecule has 6 nitrogen and oxygen atoms in total. The highest BCUT2D eigenvalue weighted by atomic mass is 16.5. The summed E-state index contributed by atoms with van der Waals surface area (Å²) in [5.74, 6) is -0.167. The predicted molar refractivity (Wildman–Crippen MR) is 116 cm³/mol. The van der Waals surface area contributed by atoms with Gasteiger partial charge in [0.1, 0.15) is 6.10 Å². The number of carboxylic acids is 1. The Bertz CT molecular complexity index is 1190. The third kappa shape index (κ3) is 4.41. The maximum absolute atomic E-state index is 11.2. The normalized spacial score (nSPS) is 13.4. The van der Waals surface area contributed by atoms with E-state index in [9.17, 15) is 15.2 Å². The average Bonchev–Trinajstić information content (AvgIpc) is 3.20. The summed E-state index contributed by atoms with van der Waals surface area (Å²) in [6, 6.07) is 20.1. The van der Waals surface area contributed by atoms with E-state index in [-0.39, 0.29) is 11.7 Å². The Hall–Kier alpha value is -4.11. The van der Waals surface area contributed by atoms with E-state index >= 15 is 0 Å². The van der Waals surface area contributed by atoms with Gasteiger partial charge < -0.3 is 14.6 Å². The van der Waals surface area contributed by atoms with Gasteiger partial charge in [-0.15, -0.1) is 0 Å². The molecule has 1 aliphatic rings. The molecule has 0 radical (unpaired) electrons. The minimum absolute atomic E-state index is 0.0410. The van der Waals surface area contributed by atoms with E-state index in [1.165, 1.54) is 23.3 Å². The first kappa shape index (κ1) is 20.2. The van der Waals surface area contributed by atoms with Crippen LogP contribution < -0.4 is 9.47 Å². The van der Waals surface area contributed by atoms with E-state index in [2.05, 4.69) is 23.2 Å². The number of nitrogens with zero attached hydrogens (tertiary/aromatic N) is 2. The number of nitriles is 1. The fourth-order valence-corrected chi connectivity index (χ4v) is 3.67. The van der Waals surface area contributed by atoms with Crippen molar-refractivity contribution < 1.29 is 19.4 Å². The van der Waals surface area contributed by atoms with Crippen molar-refractivity contribution in [3.63, 3.8) is 0 Å². The SMILES string of the molecule is COc1ccc(/C=C(\C#N)c2cccc(C(=O)O)c2)nc1OC1Cc2ccccc2C1. The zero-order chi connectivity index (χ0) is 21.8. The number of methoxy groups -OCH3 is 1. The minimum atomic E-state index is -1.05. The molecule has 0 saturated heterocycles. The molecular formula is C25H20N2O4. The number of rotatable bonds is 6. The summed E-state index contributed by atoms with van der Waals surface area (Å²) in [5.41, 5.74) is 3.99. The van der Waals surface area contributed by atoms with Gasteiger partial charge in [0.2, 0.25) is 0 Å². The Morgan fingerprint density at radius 2 is 1.81 bits per heavy atom. The van der Waals surface area contributed by atoms with Crippen LogP contribution in [0.15, 0.2) is 60.7 Å². The van der Waals surface area contributed by atoms with Gasteiger partial charge in [-0.1, -0.05) is 36.4 Å². The molecule has 4 rings (SSSR count). The Kier molecular flexibility index (Phi) is 5.67. The zero-order valence-corrected chi connectivity index (χ0v) is 16.9. The first-order chi connectivity index (χ1) is 15.1. The van der Waals surface area contributed by atoms with Crippen LogP contribution in [0.5, 0.6) is 11.6 Å². The Labute approximate surface area is 180 Å². The molecule has 3 aromatic rings. The highest BCUT2D eigenvalue weighted by molar-refractivity contribution is 5.93. The van der Waals surface area contributed by atoms with Gasteiger partial charge in [-0.3, -0.25) is 0 Å². The Morgan fingerprint density at radius 1 is 1.10 bits per heavy atom. The number of hydrogen-bond donors (Lipinski definition) is 1. The van der Waals surface area contributed by atoms with E-state index < -0.39 is 5.97 Å².